The van der Waals surface area contributed by atoms with Crippen molar-refractivity contribution in [1.82, 2.24) is 14.3 Å². The number of halogens is 1. The number of piperazine rings is 1. The van der Waals surface area contributed by atoms with Gasteiger partial charge in [0.15, 0.2) is 0 Å². The molecule has 4 rings (SSSR count). The predicted molar refractivity (Wildman–Crippen MR) is 102 cm³/mol. The molecule has 1 aromatic heterocycles. The van der Waals surface area contributed by atoms with Crippen molar-refractivity contribution < 1.29 is 17.5 Å². The van der Waals surface area contributed by atoms with Gasteiger partial charge in [-0.3, -0.25) is 0 Å². The third-order valence-electron chi connectivity index (χ3n) is 4.99. The predicted octanol–water partition coefficient (Wildman–Crippen LogP) is 0.963. The standard InChI is InChI=1S/C18H22FN5O3S/c19-15-3-1-2-4-16(15)28(25,26)24-7-5-22(6-8-24)17-13-18(21-14-20-17)23-9-11-27-12-10-23/h1-4,13-14H,5-12H2. The lowest BCUT2D eigenvalue weighted by molar-refractivity contribution is 0.122. The average molecular weight is 407 g/mol. The molecule has 2 fully saturated rings. The third-order valence-corrected chi connectivity index (χ3v) is 6.92. The van der Waals surface area contributed by atoms with Crippen LogP contribution in [0.15, 0.2) is 41.6 Å². The molecule has 28 heavy (non-hydrogen) atoms. The number of anilines is 2. The summed E-state index contributed by atoms with van der Waals surface area (Å²) in [5.74, 6) is 0.880. The van der Waals surface area contributed by atoms with Gasteiger partial charge < -0.3 is 14.5 Å². The van der Waals surface area contributed by atoms with Gasteiger partial charge in [-0.05, 0) is 12.1 Å². The first-order valence-corrected chi connectivity index (χ1v) is 10.6. The van der Waals surface area contributed by atoms with Crippen molar-refractivity contribution in [1.29, 1.82) is 0 Å². The van der Waals surface area contributed by atoms with Gasteiger partial charge in [0.25, 0.3) is 0 Å². The molecule has 2 aromatic rings. The maximum absolute atomic E-state index is 14.0. The minimum Gasteiger partial charge on any atom is -0.378 e. The van der Waals surface area contributed by atoms with E-state index in [1.54, 1.807) is 0 Å². The highest BCUT2D eigenvalue weighted by Gasteiger charge is 2.31. The fourth-order valence-corrected chi connectivity index (χ4v) is 4.91. The fraction of sp³-hybridized carbons (Fsp3) is 0.444. The summed E-state index contributed by atoms with van der Waals surface area (Å²) in [6.07, 6.45) is 1.53. The van der Waals surface area contributed by atoms with Gasteiger partial charge in [-0.2, -0.15) is 4.31 Å². The SMILES string of the molecule is O=S(=O)(c1ccccc1F)N1CCN(c2cc(N3CCOCC3)ncn2)CC1. The molecule has 0 N–H and O–H groups in total. The zero-order chi connectivity index (χ0) is 19.6. The van der Waals surface area contributed by atoms with E-state index in [0.717, 1.165) is 30.8 Å². The molecule has 0 saturated carbocycles. The van der Waals surface area contributed by atoms with Crippen molar-refractivity contribution in [3.8, 4) is 0 Å². The molecule has 10 heteroatoms. The molecule has 0 spiro atoms. The molecule has 2 aliphatic heterocycles. The summed E-state index contributed by atoms with van der Waals surface area (Å²) < 4.78 is 46.1. The van der Waals surface area contributed by atoms with Crippen LogP contribution >= 0.6 is 0 Å². The van der Waals surface area contributed by atoms with E-state index in [4.69, 9.17) is 4.74 Å². The number of hydrogen-bond donors (Lipinski definition) is 0. The zero-order valence-electron chi connectivity index (χ0n) is 15.4. The molecule has 3 heterocycles. The average Bonchev–Trinajstić information content (AvgIpc) is 2.75. The van der Waals surface area contributed by atoms with Crippen molar-refractivity contribution in [3.05, 3.63) is 42.5 Å². The first-order valence-electron chi connectivity index (χ1n) is 9.20. The molecular weight excluding hydrogens is 385 g/mol. The largest absolute Gasteiger partial charge is 0.378 e. The Morgan fingerprint density at radius 2 is 1.50 bits per heavy atom. The van der Waals surface area contributed by atoms with Gasteiger partial charge in [-0.25, -0.2) is 22.8 Å². The van der Waals surface area contributed by atoms with Crippen LogP contribution in [0.5, 0.6) is 0 Å². The summed E-state index contributed by atoms with van der Waals surface area (Å²) in [6, 6.07) is 7.40. The van der Waals surface area contributed by atoms with E-state index in [1.165, 1.54) is 28.8 Å². The maximum Gasteiger partial charge on any atom is 0.246 e. The quantitative estimate of drug-likeness (QED) is 0.747. The lowest BCUT2D eigenvalue weighted by Gasteiger charge is -2.35. The molecule has 0 radical (unpaired) electrons. The fourth-order valence-electron chi connectivity index (χ4n) is 3.43. The molecular formula is C18H22FN5O3S. The van der Waals surface area contributed by atoms with Crippen LogP contribution in [0.3, 0.4) is 0 Å². The lowest BCUT2D eigenvalue weighted by Crippen LogP contribution is -2.49. The van der Waals surface area contributed by atoms with E-state index >= 15 is 0 Å². The van der Waals surface area contributed by atoms with Gasteiger partial charge in [0.1, 0.15) is 28.7 Å². The Kier molecular flexibility index (Phi) is 5.42. The lowest BCUT2D eigenvalue weighted by atomic mass is 10.3. The molecule has 150 valence electrons. The molecule has 2 saturated heterocycles. The molecule has 8 nitrogen and oxygen atoms in total. The van der Waals surface area contributed by atoms with E-state index in [-0.39, 0.29) is 18.0 Å². The topological polar surface area (TPSA) is 78.9 Å². The van der Waals surface area contributed by atoms with E-state index < -0.39 is 15.8 Å². The van der Waals surface area contributed by atoms with Crippen LogP contribution in [-0.2, 0) is 14.8 Å². The minimum absolute atomic E-state index is 0.271. The van der Waals surface area contributed by atoms with E-state index in [2.05, 4.69) is 14.9 Å². The Balaban J connectivity index is 1.45. The zero-order valence-corrected chi connectivity index (χ0v) is 16.2. The minimum atomic E-state index is -3.85. The second kappa shape index (κ2) is 7.98. The number of ether oxygens (including phenoxy) is 1. The van der Waals surface area contributed by atoms with Gasteiger partial charge in [-0.1, -0.05) is 12.1 Å². The highest BCUT2D eigenvalue weighted by atomic mass is 32.2. The second-order valence-corrected chi connectivity index (χ2v) is 8.56. The van der Waals surface area contributed by atoms with Gasteiger partial charge in [0.05, 0.1) is 13.2 Å². The van der Waals surface area contributed by atoms with Crippen LogP contribution in [0, 0.1) is 5.82 Å². The number of benzene rings is 1. The summed E-state index contributed by atoms with van der Waals surface area (Å²) in [5, 5.41) is 0. The van der Waals surface area contributed by atoms with Crippen LogP contribution in [0.2, 0.25) is 0 Å². The maximum atomic E-state index is 14.0. The van der Waals surface area contributed by atoms with Crippen molar-refractivity contribution >= 4 is 21.7 Å². The number of morpholine rings is 1. The smallest absolute Gasteiger partial charge is 0.246 e. The Hall–Kier alpha value is -2.30. The third kappa shape index (κ3) is 3.80. The van der Waals surface area contributed by atoms with Crippen LogP contribution in [0.1, 0.15) is 0 Å². The van der Waals surface area contributed by atoms with Crippen molar-refractivity contribution in [2.24, 2.45) is 0 Å². The number of sulfonamides is 1. The first-order chi connectivity index (χ1) is 13.6. The van der Waals surface area contributed by atoms with Crippen LogP contribution in [-0.4, -0.2) is 75.2 Å². The van der Waals surface area contributed by atoms with Crippen molar-refractivity contribution in [2.75, 3.05) is 62.3 Å². The van der Waals surface area contributed by atoms with Crippen molar-refractivity contribution in [3.63, 3.8) is 0 Å². The molecule has 0 amide bonds. The van der Waals surface area contributed by atoms with Gasteiger partial charge in [0, 0.05) is 45.3 Å². The summed E-state index contributed by atoms with van der Waals surface area (Å²) >= 11 is 0. The van der Waals surface area contributed by atoms with E-state index in [9.17, 15) is 12.8 Å². The summed E-state index contributed by atoms with van der Waals surface area (Å²) in [6.45, 7) is 4.41. The second-order valence-electron chi connectivity index (χ2n) is 6.66. The highest BCUT2D eigenvalue weighted by Crippen LogP contribution is 2.23. The number of nitrogens with zero attached hydrogens (tertiary/aromatic N) is 5. The summed E-state index contributed by atoms with van der Waals surface area (Å²) in [4.78, 5) is 12.6. The van der Waals surface area contributed by atoms with Crippen molar-refractivity contribution in [2.45, 2.75) is 4.90 Å². The Labute approximate surface area is 163 Å². The highest BCUT2D eigenvalue weighted by molar-refractivity contribution is 7.89. The van der Waals surface area contributed by atoms with Crippen LogP contribution in [0.25, 0.3) is 0 Å². The molecule has 0 unspecified atom stereocenters. The molecule has 1 aromatic carbocycles. The number of hydrogen-bond acceptors (Lipinski definition) is 7. The van der Waals surface area contributed by atoms with Crippen LogP contribution < -0.4 is 9.80 Å². The van der Waals surface area contributed by atoms with E-state index in [1.807, 2.05) is 11.0 Å². The molecule has 0 aliphatic carbocycles. The van der Waals surface area contributed by atoms with Crippen LogP contribution in [0.4, 0.5) is 16.0 Å². The Bertz CT molecular complexity index is 928. The summed E-state index contributed by atoms with van der Waals surface area (Å²) in [5.41, 5.74) is 0. The molecule has 2 aliphatic rings. The normalized spacial score (nSPS) is 19.0. The number of aromatic nitrogens is 2. The van der Waals surface area contributed by atoms with Gasteiger partial charge >= 0.3 is 0 Å². The van der Waals surface area contributed by atoms with Gasteiger partial charge in [0.2, 0.25) is 10.0 Å². The molecule has 0 bridgehead atoms. The Morgan fingerprint density at radius 1 is 0.893 bits per heavy atom. The monoisotopic (exact) mass is 407 g/mol. The summed E-state index contributed by atoms with van der Waals surface area (Å²) in [7, 11) is -3.85. The Morgan fingerprint density at radius 3 is 2.14 bits per heavy atom. The number of rotatable bonds is 4. The first kappa shape index (κ1) is 19.0. The molecule has 0 atom stereocenters. The van der Waals surface area contributed by atoms with E-state index in [0.29, 0.717) is 26.3 Å². The van der Waals surface area contributed by atoms with Gasteiger partial charge in [-0.15, -0.1) is 0 Å².